The van der Waals surface area contributed by atoms with Crippen molar-refractivity contribution < 1.29 is 24.0 Å². The van der Waals surface area contributed by atoms with E-state index in [9.17, 15) is 19.7 Å². The number of carbonyl (C=O) groups is 2. The van der Waals surface area contributed by atoms with Crippen molar-refractivity contribution in [3.8, 4) is 5.75 Å². The highest BCUT2D eigenvalue weighted by Crippen LogP contribution is 2.36. The summed E-state index contributed by atoms with van der Waals surface area (Å²) >= 11 is 0. The second kappa shape index (κ2) is 6.42. The van der Waals surface area contributed by atoms with Crippen LogP contribution in [0.3, 0.4) is 0 Å². The van der Waals surface area contributed by atoms with E-state index in [0.717, 1.165) is 0 Å². The molecule has 1 aliphatic rings. The van der Waals surface area contributed by atoms with E-state index in [-0.39, 0.29) is 36.9 Å². The Morgan fingerprint density at radius 2 is 2.23 bits per heavy atom. The predicted octanol–water partition coefficient (Wildman–Crippen LogP) is 1.52. The van der Waals surface area contributed by atoms with Gasteiger partial charge in [-0.15, -0.1) is 0 Å². The van der Waals surface area contributed by atoms with Gasteiger partial charge in [-0.1, -0.05) is 0 Å². The molecule has 1 fully saturated rings. The predicted molar refractivity (Wildman–Crippen MR) is 76.7 cm³/mol. The molecule has 1 aliphatic heterocycles. The Morgan fingerprint density at radius 3 is 2.82 bits per heavy atom. The molecular formula is C14H16N2O6. The van der Waals surface area contributed by atoms with E-state index < -0.39 is 16.8 Å². The minimum Gasteiger partial charge on any atom is -0.495 e. The summed E-state index contributed by atoms with van der Waals surface area (Å²) in [5, 5.41) is 10.9. The molecule has 1 aromatic rings. The maximum absolute atomic E-state index is 12.1. The number of esters is 1. The van der Waals surface area contributed by atoms with E-state index in [1.54, 1.807) is 6.92 Å². The molecule has 1 aromatic carbocycles. The van der Waals surface area contributed by atoms with Gasteiger partial charge in [-0.3, -0.25) is 19.7 Å². The third-order valence-electron chi connectivity index (χ3n) is 3.41. The van der Waals surface area contributed by atoms with Gasteiger partial charge in [-0.2, -0.15) is 0 Å². The van der Waals surface area contributed by atoms with Gasteiger partial charge in [0.05, 0.1) is 30.2 Å². The maximum Gasteiger partial charge on any atom is 0.311 e. The van der Waals surface area contributed by atoms with Gasteiger partial charge in [0.2, 0.25) is 5.91 Å². The topological polar surface area (TPSA) is 99.0 Å². The zero-order valence-corrected chi connectivity index (χ0v) is 12.3. The summed E-state index contributed by atoms with van der Waals surface area (Å²) in [5.74, 6) is -0.973. The second-order valence-corrected chi connectivity index (χ2v) is 4.77. The van der Waals surface area contributed by atoms with Crippen molar-refractivity contribution in [3.63, 3.8) is 0 Å². The lowest BCUT2D eigenvalue weighted by Crippen LogP contribution is -2.27. The van der Waals surface area contributed by atoms with Gasteiger partial charge in [0, 0.05) is 25.1 Å². The van der Waals surface area contributed by atoms with Crippen LogP contribution in [0.4, 0.5) is 11.4 Å². The highest BCUT2D eigenvalue weighted by atomic mass is 16.6. The van der Waals surface area contributed by atoms with Crippen LogP contribution in [0.15, 0.2) is 18.2 Å². The molecule has 0 spiro atoms. The third-order valence-corrected chi connectivity index (χ3v) is 3.41. The first-order valence-electron chi connectivity index (χ1n) is 6.77. The third kappa shape index (κ3) is 3.00. The van der Waals surface area contributed by atoms with Crippen LogP contribution in [0, 0.1) is 16.0 Å². The van der Waals surface area contributed by atoms with E-state index in [1.165, 1.54) is 30.2 Å². The van der Waals surface area contributed by atoms with Crippen LogP contribution in [-0.2, 0) is 14.3 Å². The molecule has 2 rings (SSSR count). The highest BCUT2D eigenvalue weighted by Gasteiger charge is 2.37. The number of benzene rings is 1. The van der Waals surface area contributed by atoms with Gasteiger partial charge in [0.25, 0.3) is 5.69 Å². The lowest BCUT2D eigenvalue weighted by molar-refractivity contribution is -0.384. The van der Waals surface area contributed by atoms with Crippen molar-refractivity contribution in [1.82, 2.24) is 0 Å². The molecule has 8 nitrogen and oxygen atoms in total. The summed E-state index contributed by atoms with van der Waals surface area (Å²) in [6, 6.07) is 3.99. The molecule has 0 bridgehead atoms. The van der Waals surface area contributed by atoms with Gasteiger partial charge >= 0.3 is 5.97 Å². The van der Waals surface area contributed by atoms with E-state index in [0.29, 0.717) is 5.75 Å². The molecule has 0 aromatic heterocycles. The quantitative estimate of drug-likeness (QED) is 0.464. The number of amides is 1. The van der Waals surface area contributed by atoms with Crippen molar-refractivity contribution in [3.05, 3.63) is 28.3 Å². The van der Waals surface area contributed by atoms with Crippen LogP contribution < -0.4 is 9.64 Å². The van der Waals surface area contributed by atoms with E-state index in [2.05, 4.69) is 0 Å². The van der Waals surface area contributed by atoms with Crippen molar-refractivity contribution >= 4 is 23.3 Å². The Balaban J connectivity index is 2.31. The molecule has 8 heteroatoms. The zero-order valence-electron chi connectivity index (χ0n) is 12.3. The number of hydrogen-bond donors (Lipinski definition) is 0. The van der Waals surface area contributed by atoms with Crippen LogP contribution in [0.1, 0.15) is 13.3 Å². The van der Waals surface area contributed by atoms with Crippen LogP contribution in [0.25, 0.3) is 0 Å². The van der Waals surface area contributed by atoms with Crippen LogP contribution in [-0.4, -0.2) is 37.1 Å². The molecule has 0 radical (unpaired) electrons. The number of hydrogen-bond acceptors (Lipinski definition) is 6. The number of ether oxygens (including phenoxy) is 2. The number of nitro groups is 1. The average Bonchev–Trinajstić information content (AvgIpc) is 2.88. The molecule has 1 amide bonds. The lowest BCUT2D eigenvalue weighted by Gasteiger charge is -2.19. The van der Waals surface area contributed by atoms with Gasteiger partial charge in [-0.25, -0.2) is 0 Å². The molecule has 118 valence electrons. The Hall–Kier alpha value is -2.64. The molecule has 1 atom stereocenters. The monoisotopic (exact) mass is 308 g/mol. The minimum absolute atomic E-state index is 0.0185. The Labute approximate surface area is 126 Å². The van der Waals surface area contributed by atoms with Gasteiger partial charge in [0.15, 0.2) is 0 Å². The number of nitro benzene ring substituents is 1. The molecule has 0 aliphatic carbocycles. The number of nitrogens with zero attached hydrogens (tertiary/aromatic N) is 2. The highest BCUT2D eigenvalue weighted by molar-refractivity contribution is 6.00. The van der Waals surface area contributed by atoms with Crippen molar-refractivity contribution in [2.45, 2.75) is 13.3 Å². The fraction of sp³-hybridized carbons (Fsp3) is 0.429. The summed E-state index contributed by atoms with van der Waals surface area (Å²) in [7, 11) is 1.41. The molecule has 22 heavy (non-hydrogen) atoms. The number of anilines is 1. The number of methoxy groups -OCH3 is 1. The minimum atomic E-state index is -0.573. The van der Waals surface area contributed by atoms with Crippen LogP contribution in [0.2, 0.25) is 0 Å². The molecule has 0 N–H and O–H groups in total. The molecule has 0 saturated carbocycles. The lowest BCUT2D eigenvalue weighted by atomic mass is 10.1. The first kappa shape index (κ1) is 15.7. The molecule has 1 saturated heterocycles. The fourth-order valence-electron chi connectivity index (χ4n) is 2.36. The van der Waals surface area contributed by atoms with Crippen molar-refractivity contribution in [2.24, 2.45) is 5.92 Å². The number of rotatable bonds is 5. The Morgan fingerprint density at radius 1 is 1.50 bits per heavy atom. The molecular weight excluding hydrogens is 292 g/mol. The molecule has 1 heterocycles. The maximum atomic E-state index is 12.1. The van der Waals surface area contributed by atoms with Gasteiger partial charge in [0.1, 0.15) is 5.75 Å². The zero-order chi connectivity index (χ0) is 16.3. The van der Waals surface area contributed by atoms with Crippen molar-refractivity contribution in [1.29, 1.82) is 0 Å². The number of carbonyl (C=O) groups excluding carboxylic acids is 2. The van der Waals surface area contributed by atoms with Crippen molar-refractivity contribution in [2.75, 3.05) is 25.2 Å². The van der Waals surface area contributed by atoms with Gasteiger partial charge in [-0.05, 0) is 13.0 Å². The summed E-state index contributed by atoms with van der Waals surface area (Å²) in [6.45, 7) is 2.05. The average molecular weight is 308 g/mol. The first-order valence-corrected chi connectivity index (χ1v) is 6.77. The van der Waals surface area contributed by atoms with Crippen LogP contribution >= 0.6 is 0 Å². The van der Waals surface area contributed by atoms with E-state index in [1.807, 2.05) is 0 Å². The summed E-state index contributed by atoms with van der Waals surface area (Å²) < 4.78 is 10.1. The molecule has 1 unspecified atom stereocenters. The SMILES string of the molecule is CCOC(=O)C1CC(=O)N(c2cc([N+](=O)[O-])ccc2OC)C1. The summed E-state index contributed by atoms with van der Waals surface area (Å²) in [4.78, 5) is 35.6. The van der Waals surface area contributed by atoms with E-state index >= 15 is 0 Å². The largest absolute Gasteiger partial charge is 0.495 e. The first-order chi connectivity index (χ1) is 10.5. The van der Waals surface area contributed by atoms with Gasteiger partial charge < -0.3 is 14.4 Å². The normalized spacial score (nSPS) is 17.5. The fourth-order valence-corrected chi connectivity index (χ4v) is 2.36. The van der Waals surface area contributed by atoms with Crippen LogP contribution in [0.5, 0.6) is 5.75 Å². The smallest absolute Gasteiger partial charge is 0.311 e. The van der Waals surface area contributed by atoms with E-state index in [4.69, 9.17) is 9.47 Å². The Kier molecular flexibility index (Phi) is 4.59. The summed E-state index contributed by atoms with van der Waals surface area (Å²) in [6.07, 6.45) is 0.0185. The summed E-state index contributed by atoms with van der Waals surface area (Å²) in [5.41, 5.74) is 0.136. The number of non-ortho nitro benzene ring substituents is 1. The standard InChI is InChI=1S/C14H16N2O6/c1-3-22-14(18)9-6-13(17)15(8-9)11-7-10(16(19)20)4-5-12(11)21-2/h4-5,7,9H,3,6,8H2,1-2H3. The Bertz CT molecular complexity index is 615. The second-order valence-electron chi connectivity index (χ2n) is 4.77.